The maximum atomic E-state index is 12.1. The van der Waals surface area contributed by atoms with Crippen molar-refractivity contribution in [1.29, 1.82) is 0 Å². The molecule has 1 aromatic heterocycles. The summed E-state index contributed by atoms with van der Waals surface area (Å²) >= 11 is 0. The number of aromatic nitrogens is 1. The smallest absolute Gasteiger partial charge is 0.392 e. The van der Waals surface area contributed by atoms with Crippen molar-refractivity contribution >= 4 is 11.5 Å². The molecule has 72 valence electrons. The molecule has 0 aliphatic rings. The van der Waals surface area contributed by atoms with Gasteiger partial charge in [-0.25, -0.2) is 4.98 Å². The van der Waals surface area contributed by atoms with Crippen LogP contribution in [0.15, 0.2) is 12.3 Å². The Morgan fingerprint density at radius 3 is 2.46 bits per heavy atom. The molecule has 0 aromatic carbocycles. The Bertz CT molecular complexity index is 308. The lowest BCUT2D eigenvalue weighted by atomic mass is 10.2. The van der Waals surface area contributed by atoms with Crippen LogP contribution in [0, 0.1) is 0 Å². The highest BCUT2D eigenvalue weighted by Gasteiger charge is 2.32. The standard InChI is InChI=1S/C7H8F3N3/c1-12-6-5(11)2-4(3-13-6)7(8,9)10/h2-3H,11H2,1H3,(H,12,13)/p+1. The highest BCUT2D eigenvalue weighted by Crippen LogP contribution is 2.30. The van der Waals surface area contributed by atoms with E-state index >= 15 is 0 Å². The SMILES string of the molecule is CNc1[nH+]cc(C(F)(F)F)cc1N. The van der Waals surface area contributed by atoms with Crippen LogP contribution in [0.25, 0.3) is 0 Å². The molecule has 6 heteroatoms. The molecule has 0 saturated heterocycles. The van der Waals surface area contributed by atoms with Gasteiger partial charge in [0.05, 0.1) is 12.6 Å². The van der Waals surface area contributed by atoms with Crippen molar-refractivity contribution in [3.05, 3.63) is 17.8 Å². The molecule has 1 rings (SSSR count). The van der Waals surface area contributed by atoms with E-state index in [1.807, 2.05) is 0 Å². The number of alkyl halides is 3. The molecule has 0 aliphatic carbocycles. The average molecular weight is 192 g/mol. The van der Waals surface area contributed by atoms with Crippen LogP contribution in [0.3, 0.4) is 0 Å². The molecule has 0 bridgehead atoms. The van der Waals surface area contributed by atoms with Crippen LogP contribution >= 0.6 is 0 Å². The van der Waals surface area contributed by atoms with E-state index in [9.17, 15) is 13.2 Å². The maximum Gasteiger partial charge on any atom is 0.419 e. The van der Waals surface area contributed by atoms with Gasteiger partial charge in [-0.1, -0.05) is 0 Å². The van der Waals surface area contributed by atoms with Crippen LogP contribution in [0.1, 0.15) is 5.56 Å². The molecule has 1 aromatic rings. The minimum atomic E-state index is -4.36. The van der Waals surface area contributed by atoms with Gasteiger partial charge in [0.15, 0.2) is 0 Å². The number of H-pyrrole nitrogens is 1. The fourth-order valence-electron chi connectivity index (χ4n) is 0.895. The van der Waals surface area contributed by atoms with E-state index < -0.39 is 11.7 Å². The van der Waals surface area contributed by atoms with Crippen molar-refractivity contribution in [2.75, 3.05) is 18.1 Å². The van der Waals surface area contributed by atoms with E-state index in [0.29, 0.717) is 5.82 Å². The van der Waals surface area contributed by atoms with E-state index in [-0.39, 0.29) is 5.69 Å². The molecule has 0 unspecified atom stereocenters. The number of anilines is 2. The number of hydrogen-bond acceptors (Lipinski definition) is 2. The highest BCUT2D eigenvalue weighted by molar-refractivity contribution is 5.57. The quantitative estimate of drug-likeness (QED) is 0.701. The third-order valence-corrected chi connectivity index (χ3v) is 1.55. The van der Waals surface area contributed by atoms with Crippen molar-refractivity contribution in [3.8, 4) is 0 Å². The molecule has 4 N–H and O–H groups in total. The Morgan fingerprint density at radius 1 is 1.46 bits per heavy atom. The Balaban J connectivity index is 3.10. The van der Waals surface area contributed by atoms with E-state index in [0.717, 1.165) is 12.3 Å². The van der Waals surface area contributed by atoms with Crippen LogP contribution in [-0.4, -0.2) is 7.05 Å². The van der Waals surface area contributed by atoms with Gasteiger partial charge >= 0.3 is 6.18 Å². The van der Waals surface area contributed by atoms with Crippen molar-refractivity contribution < 1.29 is 18.2 Å². The Labute approximate surface area is 72.8 Å². The average Bonchev–Trinajstić information content (AvgIpc) is 2.02. The summed E-state index contributed by atoms with van der Waals surface area (Å²) in [6, 6.07) is 0.877. The van der Waals surface area contributed by atoms with E-state index in [1.54, 1.807) is 7.05 Å². The zero-order valence-corrected chi connectivity index (χ0v) is 6.87. The van der Waals surface area contributed by atoms with Crippen LogP contribution in [0.5, 0.6) is 0 Å². The fraction of sp³-hybridized carbons (Fsp3) is 0.286. The molecule has 0 spiro atoms. The third kappa shape index (κ3) is 2.01. The summed E-state index contributed by atoms with van der Waals surface area (Å²) in [7, 11) is 1.56. The first kappa shape index (κ1) is 9.63. The summed E-state index contributed by atoms with van der Waals surface area (Å²) in [5, 5.41) is 2.63. The summed E-state index contributed by atoms with van der Waals surface area (Å²) < 4.78 is 36.3. The van der Waals surface area contributed by atoms with Crippen LogP contribution in [0.4, 0.5) is 24.7 Å². The third-order valence-electron chi connectivity index (χ3n) is 1.55. The normalized spacial score (nSPS) is 11.4. The van der Waals surface area contributed by atoms with Gasteiger partial charge in [0.25, 0.3) is 5.82 Å². The van der Waals surface area contributed by atoms with Crippen LogP contribution < -0.4 is 16.0 Å². The predicted octanol–water partition coefficient (Wildman–Crippen LogP) is 1.14. The van der Waals surface area contributed by atoms with E-state index in [1.165, 1.54) is 0 Å². The molecule has 0 amide bonds. The first-order valence-corrected chi connectivity index (χ1v) is 3.51. The maximum absolute atomic E-state index is 12.1. The molecule has 13 heavy (non-hydrogen) atoms. The number of nitrogens with two attached hydrogens (primary N) is 1. The number of aromatic amines is 1. The second-order valence-corrected chi connectivity index (χ2v) is 2.47. The first-order chi connectivity index (χ1) is 5.95. The second-order valence-electron chi connectivity index (χ2n) is 2.47. The van der Waals surface area contributed by atoms with Crippen molar-refractivity contribution in [3.63, 3.8) is 0 Å². The number of pyridine rings is 1. The number of hydrogen-bond donors (Lipinski definition) is 2. The Hall–Kier alpha value is -1.46. The van der Waals surface area contributed by atoms with Gasteiger partial charge in [0.2, 0.25) is 0 Å². The molecular formula is C7H9F3N3+. The van der Waals surface area contributed by atoms with Gasteiger partial charge in [0.1, 0.15) is 11.9 Å². The van der Waals surface area contributed by atoms with Gasteiger partial charge < -0.3 is 5.73 Å². The minimum absolute atomic E-state index is 0.0392. The van der Waals surface area contributed by atoms with Crippen LogP contribution in [-0.2, 0) is 6.18 Å². The van der Waals surface area contributed by atoms with Crippen molar-refractivity contribution in [2.45, 2.75) is 6.18 Å². The van der Waals surface area contributed by atoms with Crippen molar-refractivity contribution in [2.24, 2.45) is 0 Å². The molecule has 0 saturated carbocycles. The lowest BCUT2D eigenvalue weighted by Gasteiger charge is -2.05. The minimum Gasteiger partial charge on any atom is -0.392 e. The summed E-state index contributed by atoms with van der Waals surface area (Å²) in [5.41, 5.74) is 4.59. The molecule has 0 fully saturated rings. The predicted molar refractivity (Wildman–Crippen MR) is 42.0 cm³/mol. The fourth-order valence-corrected chi connectivity index (χ4v) is 0.895. The first-order valence-electron chi connectivity index (χ1n) is 3.51. The number of nitrogens with one attached hydrogen (secondary N) is 2. The highest BCUT2D eigenvalue weighted by atomic mass is 19.4. The summed E-state index contributed by atoms with van der Waals surface area (Å²) in [5.74, 6) is 0.369. The zero-order chi connectivity index (χ0) is 10.1. The monoisotopic (exact) mass is 192 g/mol. The second kappa shape index (κ2) is 3.12. The lowest BCUT2D eigenvalue weighted by Crippen LogP contribution is -2.17. The number of nitrogen functional groups attached to an aromatic ring is 1. The number of rotatable bonds is 1. The Kier molecular flexibility index (Phi) is 2.31. The lowest BCUT2D eigenvalue weighted by molar-refractivity contribution is -0.363. The van der Waals surface area contributed by atoms with Gasteiger partial charge in [-0.05, 0) is 6.07 Å². The zero-order valence-electron chi connectivity index (χ0n) is 6.87. The summed E-state index contributed by atoms with van der Waals surface area (Å²) in [6.07, 6.45) is -3.50. The molecule has 0 aliphatic heterocycles. The summed E-state index contributed by atoms with van der Waals surface area (Å²) in [6.45, 7) is 0. The number of halogens is 3. The van der Waals surface area contributed by atoms with E-state index in [2.05, 4.69) is 10.3 Å². The molecule has 1 heterocycles. The van der Waals surface area contributed by atoms with Gasteiger partial charge in [-0.3, -0.25) is 5.32 Å². The van der Waals surface area contributed by atoms with Crippen molar-refractivity contribution in [1.82, 2.24) is 0 Å². The van der Waals surface area contributed by atoms with Gasteiger partial charge in [0, 0.05) is 0 Å². The topological polar surface area (TPSA) is 52.2 Å². The molecular weight excluding hydrogens is 183 g/mol. The molecule has 3 nitrogen and oxygen atoms in total. The van der Waals surface area contributed by atoms with Gasteiger partial charge in [-0.15, -0.1) is 0 Å². The van der Waals surface area contributed by atoms with E-state index in [4.69, 9.17) is 5.73 Å². The summed E-state index contributed by atoms with van der Waals surface area (Å²) in [4.78, 5) is 2.41. The van der Waals surface area contributed by atoms with Gasteiger partial charge in [-0.2, -0.15) is 13.2 Å². The van der Waals surface area contributed by atoms with Crippen LogP contribution in [0.2, 0.25) is 0 Å². The largest absolute Gasteiger partial charge is 0.419 e. The molecule has 0 atom stereocenters. The Morgan fingerprint density at radius 2 is 2.08 bits per heavy atom. The molecule has 0 radical (unpaired) electrons.